The summed E-state index contributed by atoms with van der Waals surface area (Å²) in [6, 6.07) is 15.4. The predicted molar refractivity (Wildman–Crippen MR) is 114 cm³/mol. The van der Waals surface area contributed by atoms with Crippen molar-refractivity contribution >= 4 is 17.6 Å². The summed E-state index contributed by atoms with van der Waals surface area (Å²) in [5, 5.41) is 2.97. The molecule has 0 saturated carbocycles. The minimum absolute atomic E-state index is 0.0646. The van der Waals surface area contributed by atoms with Crippen molar-refractivity contribution in [3.63, 3.8) is 0 Å². The highest BCUT2D eigenvalue weighted by atomic mass is 16.5. The molecule has 30 heavy (non-hydrogen) atoms. The Hall–Kier alpha value is -3.06. The molecule has 2 atom stereocenters. The summed E-state index contributed by atoms with van der Waals surface area (Å²) in [7, 11) is 5.11. The van der Waals surface area contributed by atoms with Crippen LogP contribution in [0.2, 0.25) is 0 Å². The summed E-state index contributed by atoms with van der Waals surface area (Å²) in [4.78, 5) is 28.8. The van der Waals surface area contributed by atoms with Crippen molar-refractivity contribution in [1.29, 1.82) is 0 Å². The number of anilines is 1. The van der Waals surface area contributed by atoms with Crippen LogP contribution in [0, 0.1) is 0 Å². The zero-order chi connectivity index (χ0) is 21.3. The van der Waals surface area contributed by atoms with Crippen LogP contribution in [0.4, 0.5) is 10.5 Å². The minimum atomic E-state index is -0.543. The topological polar surface area (TPSA) is 71.1 Å². The zero-order valence-electron chi connectivity index (χ0n) is 17.6. The second kappa shape index (κ2) is 7.99. The number of nitrogens with zero attached hydrogens (tertiary/aromatic N) is 2. The number of ether oxygens (including phenoxy) is 2. The molecule has 158 valence electrons. The van der Waals surface area contributed by atoms with Crippen molar-refractivity contribution in [3.05, 3.63) is 59.7 Å². The number of amides is 3. The maximum atomic E-state index is 12.8. The molecule has 0 bridgehead atoms. The van der Waals surface area contributed by atoms with E-state index in [1.54, 1.807) is 31.0 Å². The van der Waals surface area contributed by atoms with Crippen LogP contribution in [-0.2, 0) is 21.5 Å². The first-order valence-corrected chi connectivity index (χ1v) is 10.0. The van der Waals surface area contributed by atoms with Crippen LogP contribution in [0.15, 0.2) is 48.5 Å². The smallest absolute Gasteiger partial charge is 0.323 e. The average Bonchev–Trinajstić information content (AvgIpc) is 3.34. The molecule has 1 spiro atoms. The van der Waals surface area contributed by atoms with E-state index in [1.165, 1.54) is 0 Å². The number of benzene rings is 2. The van der Waals surface area contributed by atoms with Crippen LogP contribution in [-0.4, -0.2) is 57.3 Å². The van der Waals surface area contributed by atoms with Gasteiger partial charge in [0.1, 0.15) is 11.9 Å². The highest BCUT2D eigenvalue weighted by Crippen LogP contribution is 2.47. The first kappa shape index (κ1) is 20.2. The molecule has 0 aliphatic carbocycles. The lowest BCUT2D eigenvalue weighted by Gasteiger charge is -2.25. The molecule has 0 radical (unpaired) electrons. The fourth-order valence-corrected chi connectivity index (χ4v) is 4.33. The van der Waals surface area contributed by atoms with Gasteiger partial charge in [-0.2, -0.15) is 0 Å². The number of nitrogens with one attached hydrogen (secondary N) is 1. The Labute approximate surface area is 176 Å². The van der Waals surface area contributed by atoms with E-state index in [4.69, 9.17) is 9.47 Å². The van der Waals surface area contributed by atoms with Gasteiger partial charge >= 0.3 is 6.03 Å². The molecular weight excluding hydrogens is 382 g/mol. The van der Waals surface area contributed by atoms with Gasteiger partial charge in [0.25, 0.3) is 0 Å². The zero-order valence-corrected chi connectivity index (χ0v) is 17.6. The molecule has 2 aliphatic rings. The molecule has 2 aromatic carbocycles. The predicted octanol–water partition coefficient (Wildman–Crippen LogP) is 2.54. The Kier molecular flexibility index (Phi) is 5.39. The Morgan fingerprint density at radius 3 is 2.80 bits per heavy atom. The Bertz CT molecular complexity index is 961. The summed E-state index contributed by atoms with van der Waals surface area (Å²) >= 11 is 0. The van der Waals surface area contributed by atoms with Crippen LogP contribution in [0.5, 0.6) is 5.75 Å². The number of hydrogen-bond donors (Lipinski definition) is 1. The van der Waals surface area contributed by atoms with Crippen LogP contribution in [0.3, 0.4) is 0 Å². The SMILES string of the molecule is COc1cccc(CNC(=O)[C@@H]2C[C@@]3(CO2)CN(C(=O)N(C)C)c2ccccc23)c1. The molecule has 7 heteroatoms. The van der Waals surface area contributed by atoms with Gasteiger partial charge in [-0.25, -0.2) is 4.79 Å². The van der Waals surface area contributed by atoms with Crippen molar-refractivity contribution in [1.82, 2.24) is 10.2 Å². The summed E-state index contributed by atoms with van der Waals surface area (Å²) in [6.45, 7) is 1.34. The van der Waals surface area contributed by atoms with Crippen molar-refractivity contribution in [2.75, 3.05) is 39.3 Å². The van der Waals surface area contributed by atoms with Gasteiger partial charge in [0, 0.05) is 38.3 Å². The number of hydrogen-bond acceptors (Lipinski definition) is 4. The monoisotopic (exact) mass is 409 g/mol. The molecule has 0 unspecified atom stereocenters. The molecular formula is C23H27N3O4. The molecule has 4 rings (SSSR count). The van der Waals surface area contributed by atoms with E-state index in [0.29, 0.717) is 26.1 Å². The van der Waals surface area contributed by atoms with Crippen molar-refractivity contribution in [3.8, 4) is 5.75 Å². The maximum Gasteiger partial charge on any atom is 0.323 e. The first-order chi connectivity index (χ1) is 14.4. The quantitative estimate of drug-likeness (QED) is 0.843. The second-order valence-electron chi connectivity index (χ2n) is 8.13. The first-order valence-electron chi connectivity index (χ1n) is 10.0. The average molecular weight is 409 g/mol. The lowest BCUT2D eigenvalue weighted by molar-refractivity contribution is -0.130. The summed E-state index contributed by atoms with van der Waals surface area (Å²) in [5.41, 5.74) is 2.57. The van der Waals surface area contributed by atoms with Gasteiger partial charge < -0.3 is 19.7 Å². The molecule has 1 saturated heterocycles. The van der Waals surface area contributed by atoms with E-state index in [9.17, 15) is 9.59 Å². The third kappa shape index (κ3) is 3.61. The summed E-state index contributed by atoms with van der Waals surface area (Å²) in [5.74, 6) is 0.621. The molecule has 2 heterocycles. The Morgan fingerprint density at radius 2 is 2.03 bits per heavy atom. The normalized spacial score (nSPS) is 22.1. The van der Waals surface area contributed by atoms with Crippen LogP contribution in [0.25, 0.3) is 0 Å². The highest BCUT2D eigenvalue weighted by Gasteiger charge is 2.51. The maximum absolute atomic E-state index is 12.8. The standard InChI is InChI=1S/C23H27N3O4/c1-25(2)22(28)26-14-23(18-9-4-5-10-19(18)26)12-20(30-15-23)21(27)24-13-16-7-6-8-17(11-16)29-3/h4-11,20H,12-15H2,1-3H3,(H,24,27)/t20-,23-/m0/s1. The van der Waals surface area contributed by atoms with Crippen molar-refractivity contribution < 1.29 is 19.1 Å². The number of para-hydroxylation sites is 1. The molecule has 1 N–H and O–H groups in total. The lowest BCUT2D eigenvalue weighted by atomic mass is 9.80. The van der Waals surface area contributed by atoms with E-state index in [2.05, 4.69) is 5.32 Å². The van der Waals surface area contributed by atoms with E-state index in [0.717, 1.165) is 22.6 Å². The molecule has 2 aromatic rings. The van der Waals surface area contributed by atoms with Gasteiger partial charge in [-0.3, -0.25) is 9.69 Å². The number of fused-ring (bicyclic) bond motifs is 2. The van der Waals surface area contributed by atoms with Gasteiger partial charge in [-0.05, 0) is 35.7 Å². The van der Waals surface area contributed by atoms with E-state index in [-0.39, 0.29) is 17.4 Å². The summed E-state index contributed by atoms with van der Waals surface area (Å²) in [6.07, 6.45) is 0.00334. The van der Waals surface area contributed by atoms with Crippen LogP contribution in [0.1, 0.15) is 17.5 Å². The van der Waals surface area contributed by atoms with Gasteiger partial charge in [0.05, 0.1) is 13.7 Å². The highest BCUT2D eigenvalue weighted by molar-refractivity contribution is 5.95. The Morgan fingerprint density at radius 1 is 1.23 bits per heavy atom. The van der Waals surface area contributed by atoms with Crippen LogP contribution < -0.4 is 15.0 Å². The number of carbonyl (C=O) groups is 2. The van der Waals surface area contributed by atoms with Crippen molar-refractivity contribution in [2.45, 2.75) is 24.5 Å². The minimum Gasteiger partial charge on any atom is -0.497 e. The van der Waals surface area contributed by atoms with Gasteiger partial charge in [0.2, 0.25) is 5.91 Å². The number of methoxy groups -OCH3 is 1. The fraction of sp³-hybridized carbons (Fsp3) is 0.391. The third-order valence-electron chi connectivity index (χ3n) is 5.87. The lowest BCUT2D eigenvalue weighted by Crippen LogP contribution is -2.43. The van der Waals surface area contributed by atoms with Gasteiger partial charge in [0.15, 0.2) is 0 Å². The number of carbonyl (C=O) groups excluding carboxylic acids is 2. The van der Waals surface area contributed by atoms with Crippen LogP contribution >= 0.6 is 0 Å². The number of urea groups is 1. The fourth-order valence-electron chi connectivity index (χ4n) is 4.33. The number of rotatable bonds is 4. The van der Waals surface area contributed by atoms with E-state index in [1.807, 2.05) is 48.5 Å². The van der Waals surface area contributed by atoms with Gasteiger partial charge in [-0.15, -0.1) is 0 Å². The second-order valence-corrected chi connectivity index (χ2v) is 8.13. The largest absolute Gasteiger partial charge is 0.497 e. The van der Waals surface area contributed by atoms with E-state index >= 15 is 0 Å². The molecule has 0 aromatic heterocycles. The van der Waals surface area contributed by atoms with Crippen molar-refractivity contribution in [2.24, 2.45) is 0 Å². The molecule has 2 aliphatic heterocycles. The van der Waals surface area contributed by atoms with Gasteiger partial charge in [-0.1, -0.05) is 30.3 Å². The summed E-state index contributed by atoms with van der Waals surface area (Å²) < 4.78 is 11.2. The molecule has 7 nitrogen and oxygen atoms in total. The third-order valence-corrected chi connectivity index (χ3v) is 5.87. The molecule has 1 fully saturated rings. The molecule has 3 amide bonds. The Balaban J connectivity index is 1.46. The van der Waals surface area contributed by atoms with E-state index < -0.39 is 6.10 Å².